The van der Waals surface area contributed by atoms with E-state index in [9.17, 15) is 19.8 Å². The summed E-state index contributed by atoms with van der Waals surface area (Å²) in [4.78, 5) is 24.2. The van der Waals surface area contributed by atoms with Crippen LogP contribution in [0.1, 0.15) is 10.4 Å². The Kier molecular flexibility index (Phi) is 7.52. The second-order valence-electron chi connectivity index (χ2n) is 7.89. The Morgan fingerprint density at radius 2 is 1.83 bits per heavy atom. The van der Waals surface area contributed by atoms with Gasteiger partial charge in [-0.1, -0.05) is 6.07 Å². The predicted octanol–water partition coefficient (Wildman–Crippen LogP) is 3.88. The summed E-state index contributed by atoms with van der Waals surface area (Å²) in [5.41, 5.74) is 8.90. The first kappa shape index (κ1) is 24.8. The number of aromatic hydroxyl groups is 1. The van der Waals surface area contributed by atoms with Gasteiger partial charge in [0, 0.05) is 54.0 Å². The third-order valence-electron chi connectivity index (χ3n) is 5.44. The number of aromatic carboxylic acids is 1. The van der Waals surface area contributed by atoms with E-state index < -0.39 is 5.97 Å². The number of carboxylic acids is 1. The number of nitrogens with zero attached hydrogens (tertiary/aromatic N) is 1. The van der Waals surface area contributed by atoms with E-state index in [1.807, 2.05) is 0 Å². The first-order chi connectivity index (χ1) is 17.4. The molecule has 36 heavy (non-hydrogen) atoms. The number of carboxylic acid groups (broad SMARTS) is 1. The van der Waals surface area contributed by atoms with Gasteiger partial charge in [-0.25, -0.2) is 10.3 Å². The number of fused-ring (bicyclic) bond motifs is 2. The summed E-state index contributed by atoms with van der Waals surface area (Å²) in [6.07, 6.45) is 0. The van der Waals surface area contributed by atoms with Crippen LogP contribution in [0, 0.1) is 5.53 Å². The van der Waals surface area contributed by atoms with Crippen LogP contribution in [0.25, 0.3) is 33.4 Å². The van der Waals surface area contributed by atoms with E-state index in [1.54, 1.807) is 24.3 Å². The lowest BCUT2D eigenvalue weighted by Gasteiger charge is -2.18. The number of phenols is 1. The topological polar surface area (TPSA) is 160 Å². The van der Waals surface area contributed by atoms with Crippen molar-refractivity contribution in [3.63, 3.8) is 0 Å². The fourth-order valence-corrected chi connectivity index (χ4v) is 4.09. The van der Waals surface area contributed by atoms with Gasteiger partial charge in [0.1, 0.15) is 17.1 Å². The van der Waals surface area contributed by atoms with Gasteiger partial charge in [0.25, 0.3) is 0 Å². The summed E-state index contributed by atoms with van der Waals surface area (Å²) >= 11 is 5.31. The molecule has 2 aliphatic rings. The normalized spacial score (nSPS) is 10.9. The monoisotopic (exact) mass is 505 g/mol. The maximum absolute atomic E-state index is 12.3. The number of carbonyl (C=O) groups is 1. The maximum atomic E-state index is 12.3. The van der Waals surface area contributed by atoms with Gasteiger partial charge in [-0.15, -0.1) is 0 Å². The summed E-state index contributed by atoms with van der Waals surface area (Å²) in [5, 5.41) is 33.3. The molecule has 0 unspecified atom stereocenters. The Bertz CT molecular complexity index is 1490. The van der Waals surface area contributed by atoms with E-state index in [1.165, 1.54) is 30.3 Å². The van der Waals surface area contributed by atoms with Crippen molar-refractivity contribution < 1.29 is 19.4 Å². The molecule has 6 N–H and O–H groups in total. The van der Waals surface area contributed by atoms with Crippen LogP contribution < -0.4 is 21.4 Å². The zero-order valence-corrected chi connectivity index (χ0v) is 19.8. The standard InChI is InChI=1S/C25H23N5O5S/c26-29-10-8-27-7-9-28-25(36)30-14-1-4-17(20(11-14)24(33)34)23-18-5-2-15(31)12-21(18)35-22-13-16(32)3-6-19(22)23/h1-6,11-13,26-27,31H,7-10H2,(H,33,34)(H2,28,30,36). The zero-order valence-electron chi connectivity index (χ0n) is 19.0. The van der Waals surface area contributed by atoms with Crippen LogP contribution in [0.3, 0.4) is 0 Å². The highest BCUT2D eigenvalue weighted by Gasteiger charge is 2.22. The van der Waals surface area contributed by atoms with Crippen molar-refractivity contribution in [2.45, 2.75) is 0 Å². The van der Waals surface area contributed by atoms with Crippen molar-refractivity contribution in [1.82, 2.24) is 10.6 Å². The summed E-state index contributed by atoms with van der Waals surface area (Å²) in [7, 11) is 0. The van der Waals surface area contributed by atoms with E-state index in [2.05, 4.69) is 21.1 Å². The molecule has 1 aliphatic carbocycles. The zero-order chi connectivity index (χ0) is 25.7. The van der Waals surface area contributed by atoms with Crippen LogP contribution in [-0.4, -0.2) is 47.5 Å². The van der Waals surface area contributed by atoms with Crippen LogP contribution in [-0.2, 0) is 0 Å². The smallest absolute Gasteiger partial charge is 0.336 e. The average molecular weight is 506 g/mol. The number of phenolic OH excluding ortho intramolecular Hbond substituents is 1. The Labute approximate surface area is 210 Å². The summed E-state index contributed by atoms with van der Waals surface area (Å²) < 4.78 is 5.85. The lowest BCUT2D eigenvalue weighted by atomic mass is 9.90. The van der Waals surface area contributed by atoms with Crippen molar-refractivity contribution >= 4 is 40.0 Å². The SMILES string of the molecule is N=NCCNCCNC(=S)Nc1ccc(-c2c3ccc(=O)cc-3oc3cc(O)ccc23)c(C(=O)O)c1. The molecule has 0 saturated heterocycles. The summed E-state index contributed by atoms with van der Waals surface area (Å²) in [6, 6.07) is 13.8. The van der Waals surface area contributed by atoms with Gasteiger partial charge in [-0.3, -0.25) is 4.79 Å². The Morgan fingerprint density at radius 3 is 2.61 bits per heavy atom. The molecule has 11 heteroatoms. The van der Waals surface area contributed by atoms with Crippen LogP contribution in [0.5, 0.6) is 5.75 Å². The number of thiocarbonyl (C=S) groups is 1. The molecule has 10 nitrogen and oxygen atoms in total. The highest BCUT2D eigenvalue weighted by atomic mass is 32.1. The predicted molar refractivity (Wildman–Crippen MR) is 140 cm³/mol. The molecule has 184 valence electrons. The first-order valence-corrected chi connectivity index (χ1v) is 11.4. The fourth-order valence-electron chi connectivity index (χ4n) is 3.87. The van der Waals surface area contributed by atoms with E-state index in [4.69, 9.17) is 22.2 Å². The molecule has 2 aromatic carbocycles. The molecule has 0 bridgehead atoms. The molecule has 0 atom stereocenters. The van der Waals surface area contributed by atoms with Crippen molar-refractivity contribution in [2.75, 3.05) is 31.5 Å². The molecule has 0 saturated carbocycles. The second-order valence-corrected chi connectivity index (χ2v) is 8.30. The number of rotatable bonds is 9. The highest BCUT2D eigenvalue weighted by Crippen LogP contribution is 2.42. The molecular formula is C25H23N5O5S. The molecule has 0 spiro atoms. The van der Waals surface area contributed by atoms with Crippen LogP contribution in [0.2, 0.25) is 0 Å². The molecule has 4 rings (SSSR count). The Hall–Kier alpha value is -4.35. The first-order valence-electron chi connectivity index (χ1n) is 11.0. The number of hydrogen-bond acceptors (Lipinski definition) is 8. The van der Waals surface area contributed by atoms with Gasteiger partial charge in [-0.05, 0) is 54.2 Å². The van der Waals surface area contributed by atoms with E-state index >= 15 is 0 Å². The van der Waals surface area contributed by atoms with E-state index in [-0.39, 0.29) is 22.5 Å². The fraction of sp³-hybridized carbons (Fsp3) is 0.160. The van der Waals surface area contributed by atoms with Crippen molar-refractivity contribution in [2.24, 2.45) is 5.11 Å². The highest BCUT2D eigenvalue weighted by molar-refractivity contribution is 7.80. The third kappa shape index (κ3) is 5.48. The molecule has 0 amide bonds. The van der Waals surface area contributed by atoms with Crippen molar-refractivity contribution in [1.29, 1.82) is 5.53 Å². The average Bonchev–Trinajstić information content (AvgIpc) is 2.84. The molecule has 0 radical (unpaired) electrons. The number of anilines is 1. The van der Waals surface area contributed by atoms with Crippen LogP contribution in [0.4, 0.5) is 5.69 Å². The lowest BCUT2D eigenvalue weighted by molar-refractivity contribution is 0.0697. The van der Waals surface area contributed by atoms with E-state index in [0.29, 0.717) is 64.6 Å². The summed E-state index contributed by atoms with van der Waals surface area (Å²) in [6.45, 7) is 2.16. The van der Waals surface area contributed by atoms with Gasteiger partial charge in [0.05, 0.1) is 12.1 Å². The minimum atomic E-state index is -1.14. The largest absolute Gasteiger partial charge is 0.508 e. The van der Waals surface area contributed by atoms with Crippen molar-refractivity contribution in [3.05, 3.63) is 70.4 Å². The molecule has 0 fully saturated rings. The Balaban J connectivity index is 1.69. The number of benzene rings is 3. The lowest BCUT2D eigenvalue weighted by Crippen LogP contribution is -2.35. The Morgan fingerprint density at radius 1 is 1.03 bits per heavy atom. The van der Waals surface area contributed by atoms with Crippen LogP contribution in [0.15, 0.2) is 68.9 Å². The van der Waals surface area contributed by atoms with Crippen LogP contribution >= 0.6 is 12.2 Å². The van der Waals surface area contributed by atoms with Gasteiger partial charge in [0.2, 0.25) is 0 Å². The molecule has 0 aromatic heterocycles. The molecular weight excluding hydrogens is 482 g/mol. The van der Waals surface area contributed by atoms with Gasteiger partial charge < -0.3 is 30.6 Å². The molecule has 1 heterocycles. The maximum Gasteiger partial charge on any atom is 0.336 e. The second kappa shape index (κ2) is 10.9. The molecule has 2 aromatic rings. The van der Waals surface area contributed by atoms with Crippen molar-refractivity contribution in [3.8, 4) is 28.2 Å². The van der Waals surface area contributed by atoms with Gasteiger partial charge in [0.15, 0.2) is 10.5 Å². The molecule has 1 aliphatic heterocycles. The van der Waals surface area contributed by atoms with Gasteiger partial charge >= 0.3 is 5.97 Å². The minimum absolute atomic E-state index is 0.0181. The number of hydrogen-bond donors (Lipinski definition) is 6. The summed E-state index contributed by atoms with van der Waals surface area (Å²) in [5.74, 6) is -0.877. The quantitative estimate of drug-likeness (QED) is 0.0858. The third-order valence-corrected chi connectivity index (χ3v) is 5.69. The van der Waals surface area contributed by atoms with Gasteiger partial charge in [-0.2, -0.15) is 5.11 Å². The number of nitrogens with one attached hydrogen (secondary N) is 4. The minimum Gasteiger partial charge on any atom is -0.508 e. The van der Waals surface area contributed by atoms with E-state index in [0.717, 1.165) is 0 Å².